The van der Waals surface area contributed by atoms with Crippen molar-refractivity contribution in [1.82, 2.24) is 0 Å². The zero-order chi connectivity index (χ0) is 14.3. The predicted molar refractivity (Wildman–Crippen MR) is 82.5 cm³/mol. The Morgan fingerprint density at radius 1 is 0.947 bits per heavy atom. The Morgan fingerprint density at radius 2 is 1.47 bits per heavy atom. The van der Waals surface area contributed by atoms with E-state index in [-0.39, 0.29) is 0 Å². The van der Waals surface area contributed by atoms with Crippen molar-refractivity contribution in [3.63, 3.8) is 0 Å². The molecule has 0 bridgehead atoms. The second-order valence-electron chi connectivity index (χ2n) is 6.01. The van der Waals surface area contributed by atoms with E-state index in [0.717, 1.165) is 18.8 Å². The van der Waals surface area contributed by atoms with Gasteiger partial charge in [-0.05, 0) is 12.3 Å². The van der Waals surface area contributed by atoms with Crippen LogP contribution in [0.15, 0.2) is 0 Å². The van der Waals surface area contributed by atoms with Gasteiger partial charge in [0.15, 0.2) is 0 Å². The number of carbonyl (C=O) groups is 1. The highest BCUT2D eigenvalue weighted by Crippen LogP contribution is 2.22. The highest BCUT2D eigenvalue weighted by Gasteiger charge is 2.05. The molecule has 2 heteroatoms. The van der Waals surface area contributed by atoms with Crippen molar-refractivity contribution in [2.24, 2.45) is 5.92 Å². The molecule has 19 heavy (non-hydrogen) atoms. The Kier molecular flexibility index (Phi) is 13.5. The summed E-state index contributed by atoms with van der Waals surface area (Å²) in [6.07, 6.45) is 16.1. The lowest BCUT2D eigenvalue weighted by Gasteiger charge is -2.15. The molecular weight excluding hydrogens is 236 g/mol. The van der Waals surface area contributed by atoms with Crippen LogP contribution in [-0.4, -0.2) is 11.1 Å². The Labute approximate surface area is 120 Å². The molecule has 114 valence electrons. The molecule has 1 fully saturated rings. The van der Waals surface area contributed by atoms with Gasteiger partial charge in [0.05, 0.1) is 0 Å². The van der Waals surface area contributed by atoms with Crippen molar-refractivity contribution in [1.29, 1.82) is 0 Å². The van der Waals surface area contributed by atoms with E-state index in [1.165, 1.54) is 64.2 Å². The molecule has 0 unspecified atom stereocenters. The largest absolute Gasteiger partial charge is 0.481 e. The molecule has 0 amide bonds. The summed E-state index contributed by atoms with van der Waals surface area (Å²) in [7, 11) is 0. The van der Waals surface area contributed by atoms with E-state index < -0.39 is 5.97 Å². The highest BCUT2D eigenvalue weighted by molar-refractivity contribution is 5.66. The van der Waals surface area contributed by atoms with E-state index in [0.29, 0.717) is 6.42 Å². The first-order valence-electron chi connectivity index (χ1n) is 8.38. The summed E-state index contributed by atoms with van der Waals surface area (Å²) in [5.41, 5.74) is 0. The molecule has 0 aromatic heterocycles. The van der Waals surface area contributed by atoms with Gasteiger partial charge in [0.1, 0.15) is 0 Å². The molecule has 1 N–H and O–H groups in total. The summed E-state index contributed by atoms with van der Waals surface area (Å²) in [5, 5.41) is 8.35. The van der Waals surface area contributed by atoms with Crippen molar-refractivity contribution < 1.29 is 9.90 Å². The first-order chi connectivity index (χ1) is 9.16. The Bertz CT molecular complexity index is 195. The van der Waals surface area contributed by atoms with Crippen molar-refractivity contribution in [2.75, 3.05) is 0 Å². The second kappa shape index (κ2) is 13.9. The molecule has 1 aliphatic carbocycles. The fourth-order valence-electron chi connectivity index (χ4n) is 2.54. The van der Waals surface area contributed by atoms with Gasteiger partial charge < -0.3 is 5.11 Å². The minimum Gasteiger partial charge on any atom is -0.481 e. The molecule has 0 heterocycles. The third-order valence-corrected chi connectivity index (χ3v) is 3.89. The molecular formula is C17H34O2. The maximum Gasteiger partial charge on any atom is 0.303 e. The van der Waals surface area contributed by atoms with Crippen LogP contribution in [0.25, 0.3) is 0 Å². The van der Waals surface area contributed by atoms with Gasteiger partial charge in [-0.1, -0.05) is 84.5 Å². The van der Waals surface area contributed by atoms with E-state index in [4.69, 9.17) is 5.11 Å². The average molecular weight is 270 g/mol. The van der Waals surface area contributed by atoms with E-state index >= 15 is 0 Å². The van der Waals surface area contributed by atoms with Crippen LogP contribution in [0.1, 0.15) is 97.3 Å². The summed E-state index contributed by atoms with van der Waals surface area (Å²) in [6, 6.07) is 0. The fraction of sp³-hybridized carbons (Fsp3) is 0.941. The molecule has 2 nitrogen and oxygen atoms in total. The molecule has 1 aliphatic rings. The number of carboxylic acid groups (broad SMARTS) is 1. The van der Waals surface area contributed by atoms with Crippen LogP contribution < -0.4 is 0 Å². The second-order valence-corrected chi connectivity index (χ2v) is 6.01. The normalized spacial score (nSPS) is 15.7. The number of hydrogen-bond acceptors (Lipinski definition) is 1. The van der Waals surface area contributed by atoms with Crippen LogP contribution in [0.3, 0.4) is 0 Å². The van der Waals surface area contributed by atoms with E-state index in [1.54, 1.807) is 0 Å². The van der Waals surface area contributed by atoms with Crippen LogP contribution in [0.2, 0.25) is 0 Å². The van der Waals surface area contributed by atoms with Crippen molar-refractivity contribution >= 4 is 5.97 Å². The van der Waals surface area contributed by atoms with E-state index in [9.17, 15) is 4.79 Å². The van der Waals surface area contributed by atoms with Crippen LogP contribution in [-0.2, 0) is 4.79 Å². The molecule has 0 spiro atoms. The monoisotopic (exact) mass is 270 g/mol. The number of aliphatic carboxylic acids is 1. The topological polar surface area (TPSA) is 37.3 Å². The fourth-order valence-corrected chi connectivity index (χ4v) is 2.54. The maximum absolute atomic E-state index is 10.1. The standard InChI is InChI=1S/C10H20O2.C7H14/c1-2-3-4-5-6-7-8-9-10(11)12;1-7-5-3-2-4-6-7/h2-9H2,1H3,(H,11,12);7H,2-6H2,1H3. The van der Waals surface area contributed by atoms with Gasteiger partial charge in [-0.25, -0.2) is 0 Å². The van der Waals surface area contributed by atoms with Gasteiger partial charge in [-0.2, -0.15) is 0 Å². The third kappa shape index (κ3) is 15.4. The lowest BCUT2D eigenvalue weighted by Crippen LogP contribution is -1.99. The van der Waals surface area contributed by atoms with E-state index in [1.807, 2.05) is 0 Å². The summed E-state index contributed by atoms with van der Waals surface area (Å²) in [4.78, 5) is 10.1. The minimum atomic E-state index is -0.663. The lowest BCUT2D eigenvalue weighted by atomic mass is 9.91. The van der Waals surface area contributed by atoms with Crippen LogP contribution >= 0.6 is 0 Å². The zero-order valence-corrected chi connectivity index (χ0v) is 13.1. The maximum atomic E-state index is 10.1. The SMILES string of the molecule is CC1CCCCC1.CCCCCCCCCC(=O)O. The summed E-state index contributed by atoms with van der Waals surface area (Å²) in [6.45, 7) is 4.56. The third-order valence-electron chi connectivity index (χ3n) is 3.89. The quantitative estimate of drug-likeness (QED) is 0.566. The number of unbranched alkanes of at least 4 members (excludes halogenated alkanes) is 6. The number of carboxylic acids is 1. The van der Waals surface area contributed by atoms with Gasteiger partial charge in [0, 0.05) is 6.42 Å². The lowest BCUT2D eigenvalue weighted by molar-refractivity contribution is -0.137. The molecule has 1 saturated carbocycles. The van der Waals surface area contributed by atoms with Crippen LogP contribution in [0.4, 0.5) is 0 Å². The molecule has 0 atom stereocenters. The Morgan fingerprint density at radius 3 is 1.89 bits per heavy atom. The first-order valence-corrected chi connectivity index (χ1v) is 8.38. The molecule has 0 aromatic carbocycles. The highest BCUT2D eigenvalue weighted by atomic mass is 16.4. The van der Waals surface area contributed by atoms with Crippen molar-refractivity contribution in [3.05, 3.63) is 0 Å². The van der Waals surface area contributed by atoms with Gasteiger partial charge in [0.25, 0.3) is 0 Å². The molecule has 0 aromatic rings. The average Bonchev–Trinajstić information content (AvgIpc) is 2.39. The van der Waals surface area contributed by atoms with Crippen molar-refractivity contribution in [2.45, 2.75) is 97.3 Å². The minimum absolute atomic E-state index is 0.341. The van der Waals surface area contributed by atoms with Gasteiger partial charge in [-0.15, -0.1) is 0 Å². The van der Waals surface area contributed by atoms with E-state index in [2.05, 4.69) is 13.8 Å². The predicted octanol–water partition coefficient (Wildman–Crippen LogP) is 5.80. The van der Waals surface area contributed by atoms with Gasteiger partial charge >= 0.3 is 5.97 Å². The molecule has 1 rings (SSSR count). The smallest absolute Gasteiger partial charge is 0.303 e. The van der Waals surface area contributed by atoms with Gasteiger partial charge in [-0.3, -0.25) is 4.79 Å². The summed E-state index contributed by atoms with van der Waals surface area (Å²) < 4.78 is 0. The first kappa shape index (κ1) is 18.5. The Hall–Kier alpha value is -0.530. The molecule has 0 radical (unpaired) electrons. The summed E-state index contributed by atoms with van der Waals surface area (Å²) in [5.74, 6) is 0.373. The zero-order valence-electron chi connectivity index (χ0n) is 13.1. The van der Waals surface area contributed by atoms with Crippen molar-refractivity contribution in [3.8, 4) is 0 Å². The van der Waals surface area contributed by atoms with Gasteiger partial charge in [0.2, 0.25) is 0 Å². The molecule has 0 aliphatic heterocycles. The molecule has 0 saturated heterocycles. The van der Waals surface area contributed by atoms with Crippen LogP contribution in [0.5, 0.6) is 0 Å². The summed E-state index contributed by atoms with van der Waals surface area (Å²) >= 11 is 0. The Balaban J connectivity index is 0.000000388. The van der Waals surface area contributed by atoms with Crippen LogP contribution in [0, 0.1) is 5.92 Å². The number of hydrogen-bond donors (Lipinski definition) is 1. The number of rotatable bonds is 8.